The third-order valence-electron chi connectivity index (χ3n) is 3.77. The summed E-state index contributed by atoms with van der Waals surface area (Å²) in [6.07, 6.45) is 0. The fourth-order valence-electron chi connectivity index (χ4n) is 2.43. The first kappa shape index (κ1) is 19.9. The maximum absolute atomic E-state index is 13.8. The van der Waals surface area contributed by atoms with Gasteiger partial charge in [-0.1, -0.05) is 11.8 Å². The molecule has 9 heteroatoms. The zero-order valence-corrected chi connectivity index (χ0v) is 15.4. The summed E-state index contributed by atoms with van der Waals surface area (Å²) in [5.41, 5.74) is 0.246. The van der Waals surface area contributed by atoms with Crippen LogP contribution in [0.15, 0.2) is 41.6 Å². The quantitative estimate of drug-likeness (QED) is 0.266. The van der Waals surface area contributed by atoms with E-state index in [-0.39, 0.29) is 28.9 Å². The van der Waals surface area contributed by atoms with Gasteiger partial charge in [-0.3, -0.25) is 0 Å². The number of ether oxygens (including phenoxy) is 1. The van der Waals surface area contributed by atoms with E-state index in [2.05, 4.69) is 9.97 Å². The average Bonchev–Trinajstić information content (AvgIpc) is 3.10. The standard InChI is InChI=1S/C19H14F4N2O2S/c1-2-27-18(26)17-16(10-3-5-11(20)6-4-10)24-19(25-17)28-9-12-13(21)7-8-14(22)15(12)23/h3-8H,2,9H2,1H3,(H,24,25). The number of benzene rings is 2. The summed E-state index contributed by atoms with van der Waals surface area (Å²) in [7, 11) is 0. The van der Waals surface area contributed by atoms with Crippen molar-refractivity contribution in [1.82, 2.24) is 9.97 Å². The van der Waals surface area contributed by atoms with Gasteiger partial charge in [0.25, 0.3) is 0 Å². The molecule has 0 atom stereocenters. The molecule has 4 nitrogen and oxygen atoms in total. The van der Waals surface area contributed by atoms with Crippen molar-refractivity contribution in [3.63, 3.8) is 0 Å². The highest BCUT2D eigenvalue weighted by molar-refractivity contribution is 7.98. The predicted octanol–water partition coefficient (Wildman–Crippen LogP) is 5.10. The molecule has 0 bridgehead atoms. The van der Waals surface area contributed by atoms with Crippen molar-refractivity contribution in [2.75, 3.05) is 6.61 Å². The molecule has 0 spiro atoms. The van der Waals surface area contributed by atoms with Gasteiger partial charge in [0.1, 0.15) is 17.3 Å². The van der Waals surface area contributed by atoms with E-state index in [4.69, 9.17) is 4.74 Å². The second-order valence-electron chi connectivity index (χ2n) is 5.60. The van der Waals surface area contributed by atoms with E-state index < -0.39 is 34.8 Å². The molecule has 1 heterocycles. The van der Waals surface area contributed by atoms with Gasteiger partial charge < -0.3 is 9.72 Å². The topological polar surface area (TPSA) is 55.0 Å². The first-order valence-electron chi connectivity index (χ1n) is 8.19. The highest BCUT2D eigenvalue weighted by atomic mass is 32.2. The van der Waals surface area contributed by atoms with Crippen molar-refractivity contribution in [3.8, 4) is 11.3 Å². The van der Waals surface area contributed by atoms with E-state index in [1.165, 1.54) is 24.3 Å². The third-order valence-corrected chi connectivity index (χ3v) is 4.67. The Bertz CT molecular complexity index is 1010. The predicted molar refractivity (Wildman–Crippen MR) is 95.8 cm³/mol. The molecule has 3 rings (SSSR count). The Hall–Kier alpha value is -2.81. The average molecular weight is 410 g/mol. The molecule has 0 amide bonds. The summed E-state index contributed by atoms with van der Waals surface area (Å²) < 4.78 is 59.1. The van der Waals surface area contributed by atoms with E-state index in [1.54, 1.807) is 6.92 Å². The fraction of sp³-hybridized carbons (Fsp3) is 0.158. The molecule has 0 radical (unpaired) electrons. The van der Waals surface area contributed by atoms with Gasteiger partial charge in [0, 0.05) is 16.9 Å². The SMILES string of the molecule is CCOC(=O)c1[nH]c(SCc2c(F)ccc(F)c2F)nc1-c1ccc(F)cc1. The van der Waals surface area contributed by atoms with Crippen LogP contribution in [0.2, 0.25) is 0 Å². The number of thioether (sulfide) groups is 1. The summed E-state index contributed by atoms with van der Waals surface area (Å²) in [6.45, 7) is 1.76. The van der Waals surface area contributed by atoms with Crippen LogP contribution >= 0.6 is 11.8 Å². The minimum atomic E-state index is -1.27. The number of H-pyrrole nitrogens is 1. The Morgan fingerprint density at radius 1 is 1.07 bits per heavy atom. The van der Waals surface area contributed by atoms with Crippen LogP contribution in [0.1, 0.15) is 23.0 Å². The van der Waals surface area contributed by atoms with Gasteiger partial charge in [-0.15, -0.1) is 0 Å². The lowest BCUT2D eigenvalue weighted by atomic mass is 10.1. The van der Waals surface area contributed by atoms with Crippen LogP contribution < -0.4 is 0 Å². The second kappa shape index (κ2) is 8.47. The number of hydrogen-bond acceptors (Lipinski definition) is 4. The van der Waals surface area contributed by atoms with Gasteiger partial charge in [-0.05, 0) is 43.3 Å². The summed E-state index contributed by atoms with van der Waals surface area (Å²) in [4.78, 5) is 19.2. The van der Waals surface area contributed by atoms with Gasteiger partial charge in [0.2, 0.25) is 0 Å². The van der Waals surface area contributed by atoms with E-state index >= 15 is 0 Å². The van der Waals surface area contributed by atoms with Crippen LogP contribution in [0, 0.1) is 23.3 Å². The van der Waals surface area contributed by atoms with E-state index in [0.29, 0.717) is 11.6 Å². The normalized spacial score (nSPS) is 10.9. The lowest BCUT2D eigenvalue weighted by Crippen LogP contribution is -2.06. The van der Waals surface area contributed by atoms with E-state index in [0.717, 1.165) is 17.8 Å². The molecule has 2 aromatic carbocycles. The number of nitrogens with one attached hydrogen (secondary N) is 1. The largest absolute Gasteiger partial charge is 0.461 e. The molecular formula is C19H14F4N2O2S. The van der Waals surface area contributed by atoms with Crippen LogP contribution in [0.25, 0.3) is 11.3 Å². The summed E-state index contributed by atoms with van der Waals surface area (Å²) in [6, 6.07) is 6.84. The number of aromatic nitrogens is 2. The molecule has 0 aliphatic rings. The third kappa shape index (κ3) is 4.19. The zero-order chi connectivity index (χ0) is 20.3. The van der Waals surface area contributed by atoms with Gasteiger partial charge in [0.05, 0.1) is 6.61 Å². The highest BCUT2D eigenvalue weighted by Gasteiger charge is 2.21. The highest BCUT2D eigenvalue weighted by Crippen LogP contribution is 2.30. The van der Waals surface area contributed by atoms with Crippen molar-refractivity contribution in [3.05, 3.63) is 70.9 Å². The van der Waals surface area contributed by atoms with Gasteiger partial charge in [-0.2, -0.15) is 0 Å². The summed E-state index contributed by atoms with van der Waals surface area (Å²) in [5.74, 6) is -4.71. The lowest BCUT2D eigenvalue weighted by molar-refractivity contribution is 0.0520. The Morgan fingerprint density at radius 3 is 2.43 bits per heavy atom. The Kier molecular flexibility index (Phi) is 6.03. The lowest BCUT2D eigenvalue weighted by Gasteiger charge is -2.04. The van der Waals surface area contributed by atoms with Gasteiger partial charge >= 0.3 is 5.97 Å². The van der Waals surface area contributed by atoms with Crippen LogP contribution in [-0.2, 0) is 10.5 Å². The van der Waals surface area contributed by atoms with Gasteiger partial charge in [-0.25, -0.2) is 27.3 Å². The van der Waals surface area contributed by atoms with Crippen LogP contribution in [0.3, 0.4) is 0 Å². The number of nitrogens with zero attached hydrogens (tertiary/aromatic N) is 1. The van der Waals surface area contributed by atoms with Crippen molar-refractivity contribution < 1.29 is 27.1 Å². The fourth-order valence-corrected chi connectivity index (χ4v) is 3.31. The number of esters is 1. The van der Waals surface area contributed by atoms with Crippen molar-refractivity contribution >= 4 is 17.7 Å². The van der Waals surface area contributed by atoms with Crippen molar-refractivity contribution in [2.45, 2.75) is 17.8 Å². The molecule has 0 aliphatic heterocycles. The minimum absolute atomic E-state index is 0.0242. The first-order valence-corrected chi connectivity index (χ1v) is 9.17. The monoisotopic (exact) mass is 410 g/mol. The zero-order valence-electron chi connectivity index (χ0n) is 14.6. The van der Waals surface area contributed by atoms with E-state index in [9.17, 15) is 22.4 Å². The number of carbonyl (C=O) groups is 1. The molecule has 0 aliphatic carbocycles. The molecular weight excluding hydrogens is 396 g/mol. The van der Waals surface area contributed by atoms with E-state index in [1.807, 2.05) is 0 Å². The molecule has 0 unspecified atom stereocenters. The molecule has 1 aromatic heterocycles. The molecule has 146 valence electrons. The molecule has 0 fully saturated rings. The number of imidazole rings is 1. The maximum atomic E-state index is 13.8. The minimum Gasteiger partial charge on any atom is -0.461 e. The molecule has 0 saturated heterocycles. The second-order valence-corrected chi connectivity index (χ2v) is 6.57. The van der Waals surface area contributed by atoms with Crippen molar-refractivity contribution in [2.24, 2.45) is 0 Å². The van der Waals surface area contributed by atoms with Crippen molar-refractivity contribution in [1.29, 1.82) is 0 Å². The van der Waals surface area contributed by atoms with Crippen LogP contribution in [-0.4, -0.2) is 22.5 Å². The summed E-state index contributed by atoms with van der Waals surface area (Å²) >= 11 is 0.884. The first-order chi connectivity index (χ1) is 13.4. The molecule has 1 N–H and O–H groups in total. The Balaban J connectivity index is 1.92. The number of carbonyl (C=O) groups excluding carboxylic acids is 1. The molecule has 28 heavy (non-hydrogen) atoms. The summed E-state index contributed by atoms with van der Waals surface area (Å²) in [5, 5.41) is 0.172. The molecule has 3 aromatic rings. The number of halogens is 4. The Morgan fingerprint density at radius 2 is 1.75 bits per heavy atom. The number of hydrogen-bond donors (Lipinski definition) is 1. The van der Waals surface area contributed by atoms with Crippen LogP contribution in [0.5, 0.6) is 0 Å². The van der Waals surface area contributed by atoms with Gasteiger partial charge in [0.15, 0.2) is 22.5 Å². The molecule has 0 saturated carbocycles. The Labute approximate surface area is 161 Å². The maximum Gasteiger partial charge on any atom is 0.357 e. The smallest absolute Gasteiger partial charge is 0.357 e. The number of aromatic amines is 1. The van der Waals surface area contributed by atoms with Crippen LogP contribution in [0.4, 0.5) is 17.6 Å². The number of rotatable bonds is 6.